The zero-order valence-corrected chi connectivity index (χ0v) is 10.1. The van der Waals surface area contributed by atoms with Gasteiger partial charge in [0.25, 0.3) is 0 Å². The standard InChI is InChI=1S/C15H12FNO2/c16-14-6-5-13(4-2-8-18)15(9-14)19-11-12-3-1-7-17-10-12/h1,3,5-7,9-10,18H,8,11H2. The maximum atomic E-state index is 13.2. The number of ether oxygens (including phenoxy) is 1. The molecule has 1 aromatic heterocycles. The number of aromatic nitrogens is 1. The molecular formula is C15H12FNO2. The van der Waals surface area contributed by atoms with Crippen molar-refractivity contribution in [3.05, 3.63) is 59.7 Å². The second-order valence-corrected chi connectivity index (χ2v) is 3.75. The molecule has 0 atom stereocenters. The number of hydrogen-bond acceptors (Lipinski definition) is 3. The Morgan fingerprint density at radius 3 is 2.95 bits per heavy atom. The second kappa shape index (κ2) is 6.53. The SMILES string of the molecule is OCC#Cc1ccc(F)cc1OCc1cccnc1. The molecule has 0 saturated carbocycles. The van der Waals surface area contributed by atoms with Crippen LogP contribution in [0.2, 0.25) is 0 Å². The molecule has 3 nitrogen and oxygen atoms in total. The normalized spacial score (nSPS) is 9.58. The lowest BCUT2D eigenvalue weighted by Gasteiger charge is -2.08. The molecule has 0 aliphatic rings. The van der Waals surface area contributed by atoms with Crippen molar-refractivity contribution in [2.45, 2.75) is 6.61 Å². The van der Waals surface area contributed by atoms with Gasteiger partial charge in [-0.15, -0.1) is 0 Å². The minimum Gasteiger partial charge on any atom is -0.487 e. The third kappa shape index (κ3) is 3.80. The van der Waals surface area contributed by atoms with Gasteiger partial charge < -0.3 is 9.84 Å². The van der Waals surface area contributed by atoms with Crippen LogP contribution < -0.4 is 4.74 Å². The monoisotopic (exact) mass is 257 g/mol. The number of pyridine rings is 1. The van der Waals surface area contributed by atoms with Crippen LogP contribution in [-0.4, -0.2) is 16.7 Å². The van der Waals surface area contributed by atoms with Crippen molar-refractivity contribution in [1.82, 2.24) is 4.98 Å². The van der Waals surface area contributed by atoms with Crippen LogP contribution in [0.25, 0.3) is 0 Å². The largest absolute Gasteiger partial charge is 0.487 e. The van der Waals surface area contributed by atoms with Crippen LogP contribution in [0.3, 0.4) is 0 Å². The molecule has 0 unspecified atom stereocenters. The van der Waals surface area contributed by atoms with Gasteiger partial charge in [-0.3, -0.25) is 4.98 Å². The van der Waals surface area contributed by atoms with Crippen molar-refractivity contribution in [3.63, 3.8) is 0 Å². The summed E-state index contributed by atoms with van der Waals surface area (Å²) < 4.78 is 18.7. The van der Waals surface area contributed by atoms with E-state index in [2.05, 4.69) is 16.8 Å². The van der Waals surface area contributed by atoms with Crippen LogP contribution in [0.5, 0.6) is 5.75 Å². The second-order valence-electron chi connectivity index (χ2n) is 3.75. The molecule has 0 saturated heterocycles. The van der Waals surface area contributed by atoms with Gasteiger partial charge >= 0.3 is 0 Å². The number of aliphatic hydroxyl groups excluding tert-OH is 1. The molecule has 19 heavy (non-hydrogen) atoms. The summed E-state index contributed by atoms with van der Waals surface area (Å²) in [6.45, 7) is 0.0323. The zero-order valence-electron chi connectivity index (χ0n) is 10.1. The van der Waals surface area contributed by atoms with Crippen LogP contribution >= 0.6 is 0 Å². The average molecular weight is 257 g/mol. The number of rotatable bonds is 3. The maximum Gasteiger partial charge on any atom is 0.138 e. The Hall–Kier alpha value is -2.38. The van der Waals surface area contributed by atoms with Gasteiger partial charge in [0.2, 0.25) is 0 Å². The highest BCUT2D eigenvalue weighted by atomic mass is 19.1. The van der Waals surface area contributed by atoms with Crippen molar-refractivity contribution < 1.29 is 14.2 Å². The van der Waals surface area contributed by atoms with Gasteiger partial charge in [0.1, 0.15) is 24.8 Å². The zero-order chi connectivity index (χ0) is 13.5. The Morgan fingerprint density at radius 1 is 1.32 bits per heavy atom. The van der Waals surface area contributed by atoms with Crippen molar-refractivity contribution >= 4 is 0 Å². The molecule has 4 heteroatoms. The fraction of sp³-hybridized carbons (Fsp3) is 0.133. The quantitative estimate of drug-likeness (QED) is 0.857. The summed E-state index contributed by atoms with van der Waals surface area (Å²) >= 11 is 0. The summed E-state index contributed by atoms with van der Waals surface area (Å²) in [5.41, 5.74) is 1.42. The van der Waals surface area contributed by atoms with E-state index in [1.54, 1.807) is 18.5 Å². The average Bonchev–Trinajstić information content (AvgIpc) is 2.45. The molecule has 0 radical (unpaired) electrons. The summed E-state index contributed by atoms with van der Waals surface area (Å²) in [5, 5.41) is 8.68. The first-order valence-electron chi connectivity index (χ1n) is 5.70. The minimum atomic E-state index is -0.393. The fourth-order valence-corrected chi connectivity index (χ4v) is 1.50. The van der Waals surface area contributed by atoms with E-state index in [-0.39, 0.29) is 13.2 Å². The highest BCUT2D eigenvalue weighted by Crippen LogP contribution is 2.20. The molecule has 0 amide bonds. The Morgan fingerprint density at radius 2 is 2.21 bits per heavy atom. The van der Waals surface area contributed by atoms with E-state index < -0.39 is 5.82 Å². The van der Waals surface area contributed by atoms with Crippen LogP contribution in [-0.2, 0) is 6.61 Å². The lowest BCUT2D eigenvalue weighted by molar-refractivity contribution is 0.303. The van der Waals surface area contributed by atoms with E-state index in [0.29, 0.717) is 11.3 Å². The van der Waals surface area contributed by atoms with E-state index in [1.165, 1.54) is 18.2 Å². The number of nitrogens with zero attached hydrogens (tertiary/aromatic N) is 1. The Balaban J connectivity index is 2.16. The van der Waals surface area contributed by atoms with Crippen LogP contribution in [0.15, 0.2) is 42.7 Å². The summed E-state index contributed by atoms with van der Waals surface area (Å²) in [6.07, 6.45) is 3.35. The van der Waals surface area contributed by atoms with E-state index >= 15 is 0 Å². The molecular weight excluding hydrogens is 245 g/mol. The van der Waals surface area contributed by atoms with Gasteiger partial charge in [-0.25, -0.2) is 4.39 Å². The first-order chi connectivity index (χ1) is 9.29. The topological polar surface area (TPSA) is 42.4 Å². The summed E-state index contributed by atoms with van der Waals surface area (Å²) in [6, 6.07) is 7.77. The van der Waals surface area contributed by atoms with Crippen LogP contribution in [0.4, 0.5) is 4.39 Å². The Labute approximate surface area is 110 Å². The lowest BCUT2D eigenvalue weighted by atomic mass is 10.2. The Bertz CT molecular complexity index is 603. The van der Waals surface area contributed by atoms with Gasteiger partial charge in [-0.05, 0) is 18.2 Å². The van der Waals surface area contributed by atoms with Crippen molar-refractivity contribution in [1.29, 1.82) is 0 Å². The van der Waals surface area contributed by atoms with E-state index in [4.69, 9.17) is 9.84 Å². The first-order valence-corrected chi connectivity index (χ1v) is 5.70. The number of benzene rings is 1. The van der Waals surface area contributed by atoms with Crippen molar-refractivity contribution in [2.24, 2.45) is 0 Å². The highest BCUT2D eigenvalue weighted by Gasteiger charge is 2.04. The van der Waals surface area contributed by atoms with Crippen LogP contribution in [0.1, 0.15) is 11.1 Å². The highest BCUT2D eigenvalue weighted by molar-refractivity contribution is 5.46. The van der Waals surface area contributed by atoms with E-state index in [0.717, 1.165) is 5.56 Å². The molecule has 0 bridgehead atoms. The summed E-state index contributed by atoms with van der Waals surface area (Å²) in [4.78, 5) is 3.97. The van der Waals surface area contributed by atoms with E-state index in [1.807, 2.05) is 6.07 Å². The summed E-state index contributed by atoms with van der Waals surface area (Å²) in [7, 11) is 0. The van der Waals surface area contributed by atoms with Gasteiger partial charge in [-0.1, -0.05) is 17.9 Å². The van der Waals surface area contributed by atoms with Crippen molar-refractivity contribution in [3.8, 4) is 17.6 Å². The predicted octanol–water partition coefficient (Wildman–Crippen LogP) is 2.14. The molecule has 96 valence electrons. The van der Waals surface area contributed by atoms with E-state index in [9.17, 15) is 4.39 Å². The molecule has 0 aliphatic heterocycles. The minimum absolute atomic E-state index is 0.251. The first kappa shape index (κ1) is 13.1. The van der Waals surface area contributed by atoms with Gasteiger partial charge in [0.05, 0.1) is 5.56 Å². The third-order valence-electron chi connectivity index (χ3n) is 2.36. The smallest absolute Gasteiger partial charge is 0.138 e. The van der Waals surface area contributed by atoms with Crippen molar-refractivity contribution in [2.75, 3.05) is 6.61 Å². The van der Waals surface area contributed by atoms with Gasteiger partial charge in [-0.2, -0.15) is 0 Å². The third-order valence-corrected chi connectivity index (χ3v) is 2.36. The Kier molecular flexibility index (Phi) is 4.49. The molecule has 1 aromatic carbocycles. The van der Waals surface area contributed by atoms with Crippen LogP contribution in [0, 0.1) is 17.7 Å². The summed E-state index contributed by atoms with van der Waals surface area (Å²) in [5.74, 6) is 5.19. The molecule has 0 aliphatic carbocycles. The van der Waals surface area contributed by atoms with Gasteiger partial charge in [0, 0.05) is 24.0 Å². The molecule has 0 fully saturated rings. The number of hydrogen-bond donors (Lipinski definition) is 1. The molecule has 1 N–H and O–H groups in total. The molecule has 2 rings (SSSR count). The molecule has 2 aromatic rings. The maximum absolute atomic E-state index is 13.2. The lowest BCUT2D eigenvalue weighted by Crippen LogP contribution is -1.98. The molecule has 0 spiro atoms. The van der Waals surface area contributed by atoms with Gasteiger partial charge in [0.15, 0.2) is 0 Å². The number of halogens is 1. The molecule has 1 heterocycles. The fourth-order valence-electron chi connectivity index (χ4n) is 1.50. The number of aliphatic hydroxyl groups is 1. The predicted molar refractivity (Wildman–Crippen MR) is 68.9 cm³/mol.